The van der Waals surface area contributed by atoms with E-state index in [-0.39, 0.29) is 18.0 Å². The van der Waals surface area contributed by atoms with Gasteiger partial charge in [0.1, 0.15) is 11.8 Å². The lowest BCUT2D eigenvalue weighted by Crippen LogP contribution is -2.50. The zero-order valence-corrected chi connectivity index (χ0v) is 20.1. The van der Waals surface area contributed by atoms with Gasteiger partial charge in [0.05, 0.1) is 13.7 Å². The molecular formula is C25H25F2N5O5. The number of nitrogens with one attached hydrogen (secondary N) is 1. The van der Waals surface area contributed by atoms with E-state index in [0.29, 0.717) is 23.3 Å². The number of nitrogens with zero attached hydrogens (tertiary/aromatic N) is 4. The highest BCUT2D eigenvalue weighted by Crippen LogP contribution is 2.32. The number of rotatable bonds is 8. The van der Waals surface area contributed by atoms with Crippen molar-refractivity contribution in [3.63, 3.8) is 0 Å². The first-order valence-corrected chi connectivity index (χ1v) is 11.4. The van der Waals surface area contributed by atoms with Gasteiger partial charge in [-0.05, 0) is 30.2 Å². The van der Waals surface area contributed by atoms with E-state index in [1.54, 1.807) is 36.5 Å². The van der Waals surface area contributed by atoms with E-state index >= 15 is 0 Å². The lowest BCUT2D eigenvalue weighted by Gasteiger charge is -2.35. The van der Waals surface area contributed by atoms with Crippen molar-refractivity contribution in [2.24, 2.45) is 10.1 Å². The molecule has 2 heterocycles. The third-order valence-electron chi connectivity index (χ3n) is 5.59. The first-order chi connectivity index (χ1) is 17.9. The van der Waals surface area contributed by atoms with Crippen LogP contribution in [0, 0.1) is 0 Å². The molecule has 2 atom stereocenters. The normalized spacial score (nSPS) is 17.8. The molecule has 0 saturated carbocycles. The summed E-state index contributed by atoms with van der Waals surface area (Å²) in [6.07, 6.45) is 2.48. The molecular weight excluding hydrogens is 488 g/mol. The highest BCUT2D eigenvalue weighted by molar-refractivity contribution is 6.06. The Bertz CT molecular complexity index is 1220. The largest absolute Gasteiger partial charge is 0.493 e. The smallest absolute Gasteiger partial charge is 0.433 e. The van der Waals surface area contributed by atoms with Crippen LogP contribution in [0.4, 0.5) is 18.4 Å². The summed E-state index contributed by atoms with van der Waals surface area (Å²) < 4.78 is 41.0. The lowest BCUT2D eigenvalue weighted by molar-refractivity contribution is -0.0512. The molecule has 2 aliphatic rings. The van der Waals surface area contributed by atoms with Gasteiger partial charge in [0.15, 0.2) is 17.7 Å². The van der Waals surface area contributed by atoms with E-state index < -0.39 is 31.0 Å². The fourth-order valence-electron chi connectivity index (χ4n) is 3.80. The minimum Gasteiger partial charge on any atom is -0.493 e. The monoisotopic (exact) mass is 513 g/mol. The Morgan fingerprint density at radius 2 is 2.00 bits per heavy atom. The van der Waals surface area contributed by atoms with Crippen molar-refractivity contribution in [3.05, 3.63) is 72.1 Å². The van der Waals surface area contributed by atoms with Gasteiger partial charge in [0, 0.05) is 24.2 Å². The molecule has 0 bridgehead atoms. The van der Waals surface area contributed by atoms with Crippen LogP contribution in [0.25, 0.3) is 0 Å². The molecule has 37 heavy (non-hydrogen) atoms. The Hall–Kier alpha value is -4.48. The molecule has 0 saturated heterocycles. The van der Waals surface area contributed by atoms with Crippen LogP contribution in [0.5, 0.6) is 11.5 Å². The number of hydrogen-bond donors (Lipinski definition) is 1. The highest BCUT2D eigenvalue weighted by atomic mass is 19.3. The molecule has 2 aromatic rings. The van der Waals surface area contributed by atoms with E-state index in [2.05, 4.69) is 20.1 Å². The minimum atomic E-state index is -3.03. The van der Waals surface area contributed by atoms with Gasteiger partial charge in [0.25, 0.3) is 0 Å². The van der Waals surface area contributed by atoms with Crippen LogP contribution in [-0.4, -0.2) is 60.3 Å². The number of urea groups is 1. The molecule has 0 spiro atoms. The molecule has 10 nitrogen and oxygen atoms in total. The van der Waals surface area contributed by atoms with E-state index in [4.69, 9.17) is 9.47 Å². The second-order valence-electron chi connectivity index (χ2n) is 7.90. The summed E-state index contributed by atoms with van der Waals surface area (Å²) in [5, 5.41) is 8.45. The maximum absolute atomic E-state index is 13.1. The summed E-state index contributed by atoms with van der Waals surface area (Å²) in [5.41, 5.74) is 1.40. The maximum atomic E-state index is 13.1. The van der Waals surface area contributed by atoms with Crippen LogP contribution < -0.4 is 14.8 Å². The number of hydrazone groups is 1. The number of aliphatic imine (C=N–C) groups is 1. The third kappa shape index (κ3) is 5.85. The van der Waals surface area contributed by atoms with Crippen LogP contribution >= 0.6 is 0 Å². The topological polar surface area (TPSA) is 105 Å². The van der Waals surface area contributed by atoms with Crippen molar-refractivity contribution in [1.82, 2.24) is 15.2 Å². The molecule has 4 rings (SSSR count). The number of cyclic esters (lactones) is 1. The summed E-state index contributed by atoms with van der Waals surface area (Å²) in [7, 11) is 1.32. The average molecular weight is 514 g/mol. The minimum absolute atomic E-state index is 0.0604. The SMILES string of the molecule is CCC1OC(=O)N(C(NC(=O)N2C=CN=CC2)c2ccccc2)N=C1c1ccc(OC(F)F)c(OC)c1. The third-order valence-corrected chi connectivity index (χ3v) is 5.59. The maximum Gasteiger partial charge on any atom is 0.433 e. The molecule has 2 aliphatic heterocycles. The number of carbonyl (C=O) groups excluding carboxylic acids is 2. The van der Waals surface area contributed by atoms with Crippen molar-refractivity contribution in [2.45, 2.75) is 32.2 Å². The standard InChI is InChI=1S/C25H25F2N5O5/c1-3-18-21(17-9-10-19(36-23(26)27)20(15-17)35-2)30-32(25(34)37-18)22(16-7-5-4-6-8-16)29-24(33)31-13-11-28-12-14-31/h4-13,15,18,22-23H,3,14H2,1-2H3,(H,29,33). The summed E-state index contributed by atoms with van der Waals surface area (Å²) in [4.78, 5) is 31.4. The second-order valence-corrected chi connectivity index (χ2v) is 7.90. The van der Waals surface area contributed by atoms with Crippen molar-refractivity contribution < 1.29 is 32.6 Å². The molecule has 1 N–H and O–H groups in total. The van der Waals surface area contributed by atoms with Crippen LogP contribution in [-0.2, 0) is 4.74 Å². The number of ether oxygens (including phenoxy) is 3. The van der Waals surface area contributed by atoms with Crippen molar-refractivity contribution >= 4 is 24.1 Å². The highest BCUT2D eigenvalue weighted by Gasteiger charge is 2.37. The quantitative estimate of drug-likeness (QED) is 0.560. The van der Waals surface area contributed by atoms with Gasteiger partial charge in [-0.1, -0.05) is 37.3 Å². The van der Waals surface area contributed by atoms with E-state index in [9.17, 15) is 18.4 Å². The first kappa shape index (κ1) is 25.6. The molecule has 194 valence electrons. The fraction of sp³-hybridized carbons (Fsp3) is 0.280. The predicted octanol–water partition coefficient (Wildman–Crippen LogP) is 4.50. The zero-order chi connectivity index (χ0) is 26.4. The van der Waals surface area contributed by atoms with Gasteiger partial charge >= 0.3 is 18.7 Å². The van der Waals surface area contributed by atoms with Gasteiger partial charge in [-0.25, -0.2) is 9.59 Å². The number of alkyl halides is 2. The summed E-state index contributed by atoms with van der Waals surface area (Å²) in [5.74, 6) is -0.0858. The molecule has 2 unspecified atom stereocenters. The van der Waals surface area contributed by atoms with Crippen molar-refractivity contribution in [1.29, 1.82) is 0 Å². The van der Waals surface area contributed by atoms with Crippen molar-refractivity contribution in [3.8, 4) is 11.5 Å². The van der Waals surface area contributed by atoms with Gasteiger partial charge in [0.2, 0.25) is 0 Å². The van der Waals surface area contributed by atoms with Crippen LogP contribution in [0.2, 0.25) is 0 Å². The zero-order valence-electron chi connectivity index (χ0n) is 20.1. The average Bonchev–Trinajstić information content (AvgIpc) is 2.92. The van der Waals surface area contributed by atoms with Gasteiger partial charge in [-0.15, -0.1) is 0 Å². The molecule has 0 fully saturated rings. The summed E-state index contributed by atoms with van der Waals surface area (Å²) >= 11 is 0. The number of methoxy groups -OCH3 is 1. The first-order valence-electron chi connectivity index (χ1n) is 11.4. The fourth-order valence-corrected chi connectivity index (χ4v) is 3.80. The van der Waals surface area contributed by atoms with E-state index in [1.165, 1.54) is 42.6 Å². The van der Waals surface area contributed by atoms with E-state index in [0.717, 1.165) is 5.01 Å². The molecule has 2 aromatic carbocycles. The predicted molar refractivity (Wildman–Crippen MR) is 131 cm³/mol. The number of halogens is 2. The number of amides is 3. The molecule has 0 aliphatic carbocycles. The second kappa shape index (κ2) is 11.5. The number of carbonyl (C=O) groups is 2. The van der Waals surface area contributed by atoms with Gasteiger partial charge in [-0.2, -0.15) is 18.9 Å². The summed E-state index contributed by atoms with van der Waals surface area (Å²) in [6.45, 7) is -0.953. The Kier molecular flexibility index (Phi) is 7.96. The molecule has 0 aromatic heterocycles. The lowest BCUT2D eigenvalue weighted by atomic mass is 10.0. The molecule has 0 radical (unpaired) electrons. The number of hydrogen-bond acceptors (Lipinski definition) is 7. The van der Waals surface area contributed by atoms with Crippen LogP contribution in [0.15, 0.2) is 71.0 Å². The Balaban J connectivity index is 1.72. The number of benzene rings is 2. The molecule has 12 heteroatoms. The summed E-state index contributed by atoms with van der Waals surface area (Å²) in [6, 6.07) is 12.7. The van der Waals surface area contributed by atoms with Crippen molar-refractivity contribution in [2.75, 3.05) is 13.7 Å². The Labute approximate surface area is 211 Å². The van der Waals surface area contributed by atoms with Crippen LogP contribution in [0.1, 0.15) is 30.6 Å². The van der Waals surface area contributed by atoms with E-state index in [1.807, 2.05) is 6.92 Å². The van der Waals surface area contributed by atoms with Gasteiger partial charge < -0.3 is 19.5 Å². The molecule has 3 amide bonds. The van der Waals surface area contributed by atoms with Crippen LogP contribution in [0.3, 0.4) is 0 Å². The van der Waals surface area contributed by atoms with Gasteiger partial charge in [-0.3, -0.25) is 9.89 Å². The Morgan fingerprint density at radius 3 is 2.65 bits per heavy atom. The Morgan fingerprint density at radius 1 is 1.22 bits per heavy atom.